The maximum Gasteiger partial charge on any atom is 0.267 e. The van der Waals surface area contributed by atoms with E-state index in [1.807, 2.05) is 45.0 Å². The molecule has 11 heteroatoms. The van der Waals surface area contributed by atoms with Crippen molar-refractivity contribution in [2.75, 3.05) is 39.2 Å². The lowest BCUT2D eigenvalue weighted by atomic mass is 10.1. The fourth-order valence-electron chi connectivity index (χ4n) is 4.28. The Bertz CT molecular complexity index is 1500. The van der Waals surface area contributed by atoms with Gasteiger partial charge < -0.3 is 19.5 Å². The first kappa shape index (κ1) is 29.6. The van der Waals surface area contributed by atoms with Crippen LogP contribution in [0.5, 0.6) is 11.5 Å². The average Bonchev–Trinajstić information content (AvgIpc) is 3.20. The summed E-state index contributed by atoms with van der Waals surface area (Å²) in [5.74, 6) is 1.46. The molecule has 0 atom stereocenters. The lowest BCUT2D eigenvalue weighted by molar-refractivity contribution is -0.122. The molecule has 0 aliphatic carbocycles. The van der Waals surface area contributed by atoms with Gasteiger partial charge in [0.1, 0.15) is 15.8 Å². The number of pyridine rings is 1. The van der Waals surface area contributed by atoms with Crippen molar-refractivity contribution in [3.63, 3.8) is 0 Å². The molecule has 1 aliphatic rings. The molecule has 1 fully saturated rings. The number of nitrogens with zero attached hydrogens (tertiary/aromatic N) is 3. The van der Waals surface area contributed by atoms with Gasteiger partial charge in [-0.05, 0) is 69.0 Å². The van der Waals surface area contributed by atoms with Gasteiger partial charge in [0, 0.05) is 25.9 Å². The molecule has 40 heavy (non-hydrogen) atoms. The number of thioether (sulfide) groups is 1. The molecule has 0 radical (unpaired) electrons. The summed E-state index contributed by atoms with van der Waals surface area (Å²) in [5, 5.41) is 3.29. The summed E-state index contributed by atoms with van der Waals surface area (Å²) in [5.41, 5.74) is 2.47. The van der Waals surface area contributed by atoms with Crippen LogP contribution < -0.4 is 20.3 Å². The molecule has 0 spiro atoms. The van der Waals surface area contributed by atoms with Crippen LogP contribution in [0.2, 0.25) is 0 Å². The van der Waals surface area contributed by atoms with Crippen molar-refractivity contribution in [3.05, 3.63) is 68.5 Å². The smallest absolute Gasteiger partial charge is 0.267 e. The minimum atomic E-state index is -0.259. The van der Waals surface area contributed by atoms with Crippen molar-refractivity contribution in [1.82, 2.24) is 14.3 Å². The normalized spacial score (nSPS) is 14.6. The number of anilines is 1. The van der Waals surface area contributed by atoms with E-state index in [2.05, 4.69) is 5.32 Å². The summed E-state index contributed by atoms with van der Waals surface area (Å²) >= 11 is 6.74. The third-order valence-electron chi connectivity index (χ3n) is 6.37. The first-order valence-corrected chi connectivity index (χ1v) is 14.3. The zero-order valence-corrected chi connectivity index (χ0v) is 25.0. The van der Waals surface area contributed by atoms with Crippen LogP contribution in [0, 0.1) is 6.92 Å². The van der Waals surface area contributed by atoms with Crippen LogP contribution in [-0.2, 0) is 16.0 Å². The van der Waals surface area contributed by atoms with Crippen molar-refractivity contribution in [1.29, 1.82) is 0 Å². The second-order valence-electron chi connectivity index (χ2n) is 9.54. The number of amides is 1. The third-order valence-corrected chi connectivity index (χ3v) is 7.75. The number of carbonyl (C=O) groups excluding carboxylic acids is 1. The molecule has 1 amide bonds. The Hall–Kier alpha value is -3.41. The molecule has 2 aromatic heterocycles. The van der Waals surface area contributed by atoms with Crippen molar-refractivity contribution in [2.24, 2.45) is 0 Å². The molecule has 9 nitrogen and oxygen atoms in total. The highest BCUT2D eigenvalue weighted by Gasteiger charge is 2.32. The number of methoxy groups -OCH3 is 2. The van der Waals surface area contributed by atoms with Crippen molar-refractivity contribution < 1.29 is 19.0 Å². The monoisotopic (exact) mass is 582 g/mol. The maximum atomic E-state index is 13.6. The predicted octanol–water partition coefficient (Wildman–Crippen LogP) is 4.69. The Morgan fingerprint density at radius 1 is 1.15 bits per heavy atom. The van der Waals surface area contributed by atoms with Crippen LogP contribution >= 0.6 is 24.0 Å². The number of ether oxygens (including phenoxy) is 3. The molecule has 4 rings (SSSR count). The molecule has 0 saturated carbocycles. The Labute approximate surface area is 243 Å². The first-order chi connectivity index (χ1) is 19.2. The summed E-state index contributed by atoms with van der Waals surface area (Å²) in [7, 11) is 3.17. The minimum Gasteiger partial charge on any atom is -0.493 e. The third kappa shape index (κ3) is 6.65. The van der Waals surface area contributed by atoms with Gasteiger partial charge in [-0.25, -0.2) is 4.98 Å². The van der Waals surface area contributed by atoms with Crippen LogP contribution in [0.25, 0.3) is 11.7 Å². The second-order valence-corrected chi connectivity index (χ2v) is 11.2. The fraction of sp³-hybridized carbons (Fsp3) is 0.379. The Balaban J connectivity index is 1.58. The van der Waals surface area contributed by atoms with Crippen molar-refractivity contribution in [3.8, 4) is 11.5 Å². The molecule has 0 unspecified atom stereocenters. The predicted molar refractivity (Wildman–Crippen MR) is 164 cm³/mol. The van der Waals surface area contributed by atoms with E-state index in [0.29, 0.717) is 63.9 Å². The number of benzene rings is 1. The van der Waals surface area contributed by atoms with Gasteiger partial charge in [0.25, 0.3) is 11.5 Å². The molecule has 1 aliphatic heterocycles. The molecule has 3 heterocycles. The molecular weight excluding hydrogens is 548 g/mol. The van der Waals surface area contributed by atoms with Crippen molar-refractivity contribution in [2.45, 2.75) is 39.7 Å². The number of thiocarbonyl (C=S) groups is 1. The molecule has 1 N–H and O–H groups in total. The van der Waals surface area contributed by atoms with E-state index in [1.165, 1.54) is 16.2 Å². The number of nitrogens with one attached hydrogen (secondary N) is 1. The summed E-state index contributed by atoms with van der Waals surface area (Å²) in [6.45, 7) is 7.44. The highest BCUT2D eigenvalue weighted by molar-refractivity contribution is 8.26. The van der Waals surface area contributed by atoms with Crippen LogP contribution in [0.4, 0.5) is 5.82 Å². The number of hydrogen-bond acceptors (Lipinski definition) is 9. The molecule has 212 valence electrons. The van der Waals surface area contributed by atoms with E-state index in [-0.39, 0.29) is 17.6 Å². The standard InChI is InChI=1S/C29H34N4O5S2/c1-18(2)38-15-7-12-30-25-21(27(34)32-13-6-8-19(3)26(32)31-25)17-24-28(35)33(29(39)40-24)14-11-20-9-10-22(36-4)23(16-20)37-5/h6,8-10,13,16-18,30H,7,11-12,14-15H2,1-5H3. The zero-order valence-electron chi connectivity index (χ0n) is 23.4. The fourth-order valence-corrected chi connectivity index (χ4v) is 5.57. The number of rotatable bonds is 12. The van der Waals surface area contributed by atoms with E-state index >= 15 is 0 Å². The lowest BCUT2D eigenvalue weighted by Crippen LogP contribution is -2.30. The minimum absolute atomic E-state index is 0.148. The summed E-state index contributed by atoms with van der Waals surface area (Å²) in [4.78, 5) is 33.7. The molecule has 1 saturated heterocycles. The van der Waals surface area contributed by atoms with Crippen LogP contribution in [0.15, 0.2) is 46.2 Å². The number of carbonyl (C=O) groups is 1. The maximum absolute atomic E-state index is 13.6. The first-order valence-electron chi connectivity index (χ1n) is 13.1. The number of aryl methyl sites for hydroxylation is 1. The largest absolute Gasteiger partial charge is 0.493 e. The van der Waals surface area contributed by atoms with Gasteiger partial charge in [0.15, 0.2) is 11.5 Å². The highest BCUT2D eigenvalue weighted by Crippen LogP contribution is 2.34. The number of hydrogen-bond donors (Lipinski definition) is 1. The number of aromatic nitrogens is 2. The molecule has 0 bridgehead atoms. The lowest BCUT2D eigenvalue weighted by Gasteiger charge is -2.15. The van der Waals surface area contributed by atoms with E-state index in [0.717, 1.165) is 17.5 Å². The quantitative estimate of drug-likeness (QED) is 0.185. The highest BCUT2D eigenvalue weighted by atomic mass is 32.2. The number of fused-ring (bicyclic) bond motifs is 1. The summed E-state index contributed by atoms with van der Waals surface area (Å²) in [6.07, 6.45) is 4.75. The Morgan fingerprint density at radius 3 is 2.65 bits per heavy atom. The van der Waals surface area contributed by atoms with Gasteiger partial charge in [0.05, 0.1) is 30.8 Å². The van der Waals surface area contributed by atoms with Gasteiger partial charge >= 0.3 is 0 Å². The second kappa shape index (κ2) is 13.3. The molecule has 1 aromatic carbocycles. The Morgan fingerprint density at radius 2 is 1.93 bits per heavy atom. The summed E-state index contributed by atoms with van der Waals surface area (Å²) < 4.78 is 18.3. The van der Waals surface area contributed by atoms with Gasteiger partial charge in [-0.1, -0.05) is 36.1 Å². The van der Waals surface area contributed by atoms with E-state index in [1.54, 1.807) is 37.5 Å². The van der Waals surface area contributed by atoms with Gasteiger partial charge in [-0.3, -0.25) is 18.9 Å². The topological polar surface area (TPSA) is 94.4 Å². The van der Waals surface area contributed by atoms with Gasteiger partial charge in [-0.2, -0.15) is 0 Å². The van der Waals surface area contributed by atoms with E-state index < -0.39 is 0 Å². The average molecular weight is 583 g/mol. The van der Waals surface area contributed by atoms with Crippen LogP contribution in [0.3, 0.4) is 0 Å². The summed E-state index contributed by atoms with van der Waals surface area (Å²) in [6, 6.07) is 9.37. The molecule has 3 aromatic rings. The molecular formula is C29H34N4O5S2. The van der Waals surface area contributed by atoms with Gasteiger partial charge in [0.2, 0.25) is 0 Å². The van der Waals surface area contributed by atoms with Crippen molar-refractivity contribution >= 4 is 51.7 Å². The van der Waals surface area contributed by atoms with Gasteiger partial charge in [-0.15, -0.1) is 0 Å². The van der Waals surface area contributed by atoms with Crippen LogP contribution in [0.1, 0.15) is 37.0 Å². The Kier molecular flexibility index (Phi) is 9.83. The van der Waals surface area contributed by atoms with Crippen LogP contribution in [-0.4, -0.2) is 64.5 Å². The van der Waals surface area contributed by atoms with E-state index in [4.69, 9.17) is 31.4 Å². The SMILES string of the molecule is COc1ccc(CCN2C(=O)C(=Cc3c(NCCCOC(C)C)nc4c(C)cccn4c3=O)SC2=S)cc1OC. The van der Waals surface area contributed by atoms with E-state index in [9.17, 15) is 9.59 Å². The zero-order chi connectivity index (χ0) is 28.8.